The second-order valence-corrected chi connectivity index (χ2v) is 10.1. The Hall–Kier alpha value is -1.74. The lowest BCUT2D eigenvalue weighted by molar-refractivity contribution is 0.264. The molecular weight excluding hydrogens is 410 g/mol. The Bertz CT molecular complexity index is 816. The van der Waals surface area contributed by atoms with Crippen molar-refractivity contribution in [3.8, 4) is 0 Å². The molecule has 0 saturated carbocycles. The highest BCUT2D eigenvalue weighted by Crippen LogP contribution is 2.12. The molecule has 1 aromatic carbocycles. The first-order valence-electron chi connectivity index (χ1n) is 11.4. The van der Waals surface area contributed by atoms with Crippen molar-refractivity contribution in [3.05, 3.63) is 53.6 Å². The minimum atomic E-state index is -3.24. The summed E-state index contributed by atoms with van der Waals surface area (Å²) in [5, 5.41) is 3.35. The summed E-state index contributed by atoms with van der Waals surface area (Å²) in [5.41, 5.74) is 2.17. The highest BCUT2D eigenvalue weighted by atomic mass is 32.2. The molecule has 0 radical (unpaired) electrons. The Labute approximate surface area is 188 Å². The van der Waals surface area contributed by atoms with E-state index in [9.17, 15) is 8.42 Å². The van der Waals surface area contributed by atoms with Gasteiger partial charge in [0.1, 0.15) is 5.82 Å². The number of hydrogen-bond acceptors (Lipinski definition) is 5. The largest absolute Gasteiger partial charge is 0.348 e. The first kappa shape index (κ1) is 25.5. The van der Waals surface area contributed by atoms with Gasteiger partial charge in [0, 0.05) is 32.0 Å². The average molecular weight is 450 g/mol. The number of nitrogens with zero attached hydrogens (tertiary/aromatic N) is 3. The number of aromatic nitrogens is 2. The van der Waals surface area contributed by atoms with Gasteiger partial charge in [0.05, 0.1) is 12.8 Å². The number of benzene rings is 1. The minimum Gasteiger partial charge on any atom is -0.348 e. The van der Waals surface area contributed by atoms with Crippen molar-refractivity contribution in [2.45, 2.75) is 59.2 Å². The van der Waals surface area contributed by atoms with Gasteiger partial charge in [0.2, 0.25) is 10.0 Å². The van der Waals surface area contributed by atoms with Crippen LogP contribution in [0.2, 0.25) is 0 Å². The molecule has 1 heterocycles. The third-order valence-electron chi connectivity index (χ3n) is 5.24. The van der Waals surface area contributed by atoms with E-state index in [1.54, 1.807) is 10.5 Å². The molecule has 174 valence electrons. The van der Waals surface area contributed by atoms with Crippen LogP contribution in [-0.2, 0) is 29.7 Å². The van der Waals surface area contributed by atoms with E-state index < -0.39 is 10.0 Å². The predicted octanol–water partition coefficient (Wildman–Crippen LogP) is 3.36. The molecule has 0 fully saturated rings. The zero-order chi connectivity index (χ0) is 22.5. The van der Waals surface area contributed by atoms with Crippen LogP contribution in [-0.4, -0.2) is 60.0 Å². The number of imidazole rings is 1. The fraction of sp³-hybridized carbons (Fsp3) is 0.609. The van der Waals surface area contributed by atoms with Gasteiger partial charge in [-0.25, -0.2) is 13.4 Å². The third kappa shape index (κ3) is 9.95. The monoisotopic (exact) mass is 449 g/mol. The highest BCUT2D eigenvalue weighted by Gasteiger charge is 2.17. The molecule has 7 nitrogen and oxygen atoms in total. The molecule has 0 amide bonds. The molecule has 0 saturated heterocycles. The van der Waals surface area contributed by atoms with Gasteiger partial charge in [-0.15, -0.1) is 0 Å². The van der Waals surface area contributed by atoms with Crippen molar-refractivity contribution in [2.75, 3.05) is 32.4 Å². The second kappa shape index (κ2) is 13.6. The number of aromatic amines is 1. The number of sulfonamides is 1. The first-order valence-corrected chi connectivity index (χ1v) is 13.2. The summed E-state index contributed by atoms with van der Waals surface area (Å²) in [4.78, 5) is 9.74. The first-order chi connectivity index (χ1) is 14.9. The molecule has 0 atom stereocenters. The molecule has 0 aliphatic heterocycles. The predicted molar refractivity (Wildman–Crippen MR) is 127 cm³/mol. The summed E-state index contributed by atoms with van der Waals surface area (Å²) in [6, 6.07) is 8.15. The summed E-state index contributed by atoms with van der Waals surface area (Å²) in [6.07, 6.45) is 9.07. The molecule has 0 spiro atoms. The Morgan fingerprint density at radius 1 is 0.935 bits per heavy atom. The summed E-state index contributed by atoms with van der Waals surface area (Å²) in [7, 11) is -3.24. The Balaban J connectivity index is 1.80. The smallest absolute Gasteiger partial charge is 0.211 e. The summed E-state index contributed by atoms with van der Waals surface area (Å²) in [6.45, 7) is 10.1. The van der Waals surface area contributed by atoms with Crippen LogP contribution in [0.3, 0.4) is 0 Å². The Morgan fingerprint density at radius 3 is 2.16 bits per heavy atom. The Kier molecular flexibility index (Phi) is 11.2. The van der Waals surface area contributed by atoms with Gasteiger partial charge in [0.15, 0.2) is 0 Å². The standard InChI is InChI=1S/C23H39N5O2S/c1-4-14-27(15-5-2)16-6-7-17-28(31(3,29)30)20-22-10-8-21(9-11-22)18-24-19-23-25-12-13-26-23/h8-13,24H,4-7,14-20H2,1-3H3,(H,25,26). The van der Waals surface area contributed by atoms with Crippen LogP contribution in [0.5, 0.6) is 0 Å². The molecule has 2 N–H and O–H groups in total. The number of H-pyrrole nitrogens is 1. The van der Waals surface area contributed by atoms with E-state index in [1.807, 2.05) is 18.3 Å². The molecule has 2 aromatic rings. The zero-order valence-electron chi connectivity index (χ0n) is 19.3. The van der Waals surface area contributed by atoms with Gasteiger partial charge in [-0.1, -0.05) is 38.1 Å². The molecule has 2 rings (SSSR count). The van der Waals surface area contributed by atoms with E-state index in [2.05, 4.69) is 46.2 Å². The number of nitrogens with one attached hydrogen (secondary N) is 2. The van der Waals surface area contributed by atoms with Crippen LogP contribution in [0.15, 0.2) is 36.7 Å². The van der Waals surface area contributed by atoms with Crippen molar-refractivity contribution in [1.29, 1.82) is 0 Å². The normalized spacial score (nSPS) is 12.2. The lowest BCUT2D eigenvalue weighted by Gasteiger charge is -2.23. The van der Waals surface area contributed by atoms with E-state index in [1.165, 1.54) is 6.26 Å². The summed E-state index contributed by atoms with van der Waals surface area (Å²) >= 11 is 0. The maximum atomic E-state index is 12.3. The number of hydrogen-bond donors (Lipinski definition) is 2. The average Bonchev–Trinajstić information content (AvgIpc) is 3.24. The zero-order valence-corrected chi connectivity index (χ0v) is 20.1. The maximum absolute atomic E-state index is 12.3. The lowest BCUT2D eigenvalue weighted by Crippen LogP contribution is -2.31. The molecule has 1 aromatic heterocycles. The van der Waals surface area contributed by atoms with Gasteiger partial charge >= 0.3 is 0 Å². The SMILES string of the molecule is CCCN(CCC)CCCCN(Cc1ccc(CNCc2ncc[nH]2)cc1)S(C)(=O)=O. The topological polar surface area (TPSA) is 81.3 Å². The fourth-order valence-corrected chi connectivity index (χ4v) is 4.48. The molecule has 0 aliphatic carbocycles. The van der Waals surface area contributed by atoms with Crippen LogP contribution in [0.25, 0.3) is 0 Å². The molecule has 8 heteroatoms. The van der Waals surface area contributed by atoms with E-state index in [-0.39, 0.29) is 0 Å². The fourth-order valence-electron chi connectivity index (χ4n) is 3.64. The second-order valence-electron chi connectivity index (χ2n) is 8.10. The lowest BCUT2D eigenvalue weighted by atomic mass is 10.1. The van der Waals surface area contributed by atoms with Crippen LogP contribution >= 0.6 is 0 Å². The van der Waals surface area contributed by atoms with E-state index in [0.717, 1.165) is 68.8 Å². The van der Waals surface area contributed by atoms with Crippen LogP contribution in [0.4, 0.5) is 0 Å². The quantitative estimate of drug-likeness (QED) is 0.384. The molecule has 0 aliphatic rings. The van der Waals surface area contributed by atoms with Gasteiger partial charge in [-0.2, -0.15) is 4.31 Å². The van der Waals surface area contributed by atoms with Gasteiger partial charge in [-0.3, -0.25) is 0 Å². The van der Waals surface area contributed by atoms with E-state index >= 15 is 0 Å². The number of unbranched alkanes of at least 4 members (excludes halogenated alkanes) is 1. The van der Waals surface area contributed by atoms with Crippen molar-refractivity contribution in [1.82, 2.24) is 24.5 Å². The minimum absolute atomic E-state index is 0.423. The molecule has 31 heavy (non-hydrogen) atoms. The molecule has 0 bridgehead atoms. The molecular formula is C23H39N5O2S. The summed E-state index contributed by atoms with van der Waals surface area (Å²) < 4.78 is 26.2. The summed E-state index contributed by atoms with van der Waals surface area (Å²) in [5.74, 6) is 0.910. The highest BCUT2D eigenvalue weighted by molar-refractivity contribution is 7.88. The van der Waals surface area contributed by atoms with Crippen molar-refractivity contribution in [3.63, 3.8) is 0 Å². The van der Waals surface area contributed by atoms with Crippen LogP contribution in [0.1, 0.15) is 56.5 Å². The van der Waals surface area contributed by atoms with Crippen molar-refractivity contribution in [2.24, 2.45) is 0 Å². The maximum Gasteiger partial charge on any atom is 0.211 e. The van der Waals surface area contributed by atoms with Gasteiger partial charge in [0.25, 0.3) is 0 Å². The number of rotatable bonds is 16. The Morgan fingerprint density at radius 2 is 1.58 bits per heavy atom. The van der Waals surface area contributed by atoms with Crippen molar-refractivity contribution >= 4 is 10.0 Å². The molecule has 0 unspecified atom stereocenters. The van der Waals surface area contributed by atoms with Crippen LogP contribution in [0, 0.1) is 0 Å². The van der Waals surface area contributed by atoms with Crippen LogP contribution < -0.4 is 5.32 Å². The van der Waals surface area contributed by atoms with Gasteiger partial charge in [-0.05, 0) is 56.4 Å². The van der Waals surface area contributed by atoms with E-state index in [0.29, 0.717) is 19.6 Å². The van der Waals surface area contributed by atoms with Crippen molar-refractivity contribution < 1.29 is 8.42 Å². The third-order valence-corrected chi connectivity index (χ3v) is 6.49. The van der Waals surface area contributed by atoms with E-state index in [4.69, 9.17) is 0 Å². The van der Waals surface area contributed by atoms with Gasteiger partial charge < -0.3 is 15.2 Å².